The maximum absolute atomic E-state index is 12.3. The van der Waals surface area contributed by atoms with Crippen LogP contribution >= 0.6 is 27.3 Å². The van der Waals surface area contributed by atoms with E-state index in [9.17, 15) is 22.8 Å². The second-order valence-electron chi connectivity index (χ2n) is 4.32. The van der Waals surface area contributed by atoms with Crippen molar-refractivity contribution in [1.29, 1.82) is 0 Å². The van der Waals surface area contributed by atoms with Crippen molar-refractivity contribution in [1.82, 2.24) is 4.90 Å². The van der Waals surface area contributed by atoms with E-state index in [-0.39, 0.29) is 6.42 Å². The molecule has 1 aromatic rings. The lowest BCUT2D eigenvalue weighted by atomic mass is 10.2. The molecule has 1 heterocycles. The van der Waals surface area contributed by atoms with Crippen molar-refractivity contribution in [2.24, 2.45) is 0 Å². The van der Waals surface area contributed by atoms with Crippen LogP contribution in [0.4, 0.5) is 13.2 Å². The van der Waals surface area contributed by atoms with Gasteiger partial charge in [-0.1, -0.05) is 0 Å². The lowest BCUT2D eigenvalue weighted by Gasteiger charge is -2.22. The van der Waals surface area contributed by atoms with Gasteiger partial charge in [-0.15, -0.1) is 11.3 Å². The number of alkyl halides is 3. The molecule has 0 aliphatic carbocycles. The second kappa shape index (κ2) is 7.79. The Kier molecular flexibility index (Phi) is 6.66. The van der Waals surface area contributed by atoms with Crippen LogP contribution < -0.4 is 0 Å². The number of halogens is 4. The topological polar surface area (TPSA) is 57.6 Å². The van der Waals surface area contributed by atoms with E-state index in [0.29, 0.717) is 17.7 Å². The summed E-state index contributed by atoms with van der Waals surface area (Å²) in [5.74, 6) is -2.26. The molecule has 0 saturated carbocycles. The summed E-state index contributed by atoms with van der Waals surface area (Å²) in [6, 6.07) is 3.71. The first kappa shape index (κ1) is 18.0. The summed E-state index contributed by atoms with van der Waals surface area (Å²) < 4.78 is 37.9. The number of hydrogen-bond acceptors (Lipinski definition) is 3. The molecule has 0 saturated heterocycles. The van der Waals surface area contributed by atoms with Gasteiger partial charge in [0.1, 0.15) is 13.1 Å². The smallest absolute Gasteiger partial charge is 0.406 e. The Morgan fingerprint density at radius 2 is 2.00 bits per heavy atom. The predicted octanol–water partition coefficient (Wildman–Crippen LogP) is 3.31. The molecule has 0 bridgehead atoms. The summed E-state index contributed by atoms with van der Waals surface area (Å²) in [5, 5.41) is 8.57. The van der Waals surface area contributed by atoms with E-state index >= 15 is 0 Å². The van der Waals surface area contributed by atoms with Gasteiger partial charge in [0.05, 0.1) is 3.79 Å². The van der Waals surface area contributed by atoms with Crippen molar-refractivity contribution in [3.8, 4) is 0 Å². The molecule has 1 N–H and O–H groups in total. The molecule has 0 spiro atoms. The van der Waals surface area contributed by atoms with Crippen LogP contribution in [-0.4, -0.2) is 41.1 Å². The highest BCUT2D eigenvalue weighted by atomic mass is 79.9. The molecule has 0 radical (unpaired) electrons. The average Bonchev–Trinajstić information content (AvgIpc) is 2.71. The Hall–Kier alpha value is -1.09. The molecule has 1 rings (SSSR count). The molecule has 4 nitrogen and oxygen atoms in total. The fourth-order valence-electron chi connectivity index (χ4n) is 1.67. The summed E-state index contributed by atoms with van der Waals surface area (Å²) in [5.41, 5.74) is 0. The summed E-state index contributed by atoms with van der Waals surface area (Å²) in [4.78, 5) is 23.6. The van der Waals surface area contributed by atoms with Gasteiger partial charge in [-0.25, -0.2) is 0 Å². The number of carboxylic acids is 1. The maximum atomic E-state index is 12.3. The lowest BCUT2D eigenvalue weighted by Crippen LogP contribution is -2.42. The zero-order chi connectivity index (χ0) is 16.0. The number of hydrogen-bond donors (Lipinski definition) is 1. The highest BCUT2D eigenvalue weighted by Gasteiger charge is 2.33. The fraction of sp³-hybridized carbons (Fsp3) is 0.500. The Balaban J connectivity index is 2.49. The van der Waals surface area contributed by atoms with Gasteiger partial charge < -0.3 is 10.0 Å². The van der Waals surface area contributed by atoms with Gasteiger partial charge in [0, 0.05) is 11.3 Å². The van der Waals surface area contributed by atoms with Gasteiger partial charge in [0.25, 0.3) is 0 Å². The van der Waals surface area contributed by atoms with E-state index in [1.807, 2.05) is 12.1 Å². The Bertz CT molecular complexity index is 504. The molecule has 0 atom stereocenters. The minimum atomic E-state index is -4.61. The summed E-state index contributed by atoms with van der Waals surface area (Å²) in [6.45, 7) is -2.48. The van der Waals surface area contributed by atoms with Crippen molar-refractivity contribution < 1.29 is 27.9 Å². The van der Waals surface area contributed by atoms with Crippen LogP contribution in [0.2, 0.25) is 0 Å². The van der Waals surface area contributed by atoms with E-state index in [1.54, 1.807) is 0 Å². The van der Waals surface area contributed by atoms with E-state index in [1.165, 1.54) is 11.3 Å². The number of carboxylic acid groups (broad SMARTS) is 1. The summed E-state index contributed by atoms with van der Waals surface area (Å²) >= 11 is 4.78. The molecule has 0 unspecified atom stereocenters. The zero-order valence-electron chi connectivity index (χ0n) is 10.8. The van der Waals surface area contributed by atoms with Gasteiger partial charge >= 0.3 is 12.1 Å². The third kappa shape index (κ3) is 7.47. The molecule has 21 heavy (non-hydrogen) atoms. The number of aryl methyl sites for hydroxylation is 1. The average molecular weight is 388 g/mol. The van der Waals surface area contributed by atoms with Crippen molar-refractivity contribution >= 4 is 39.1 Å². The van der Waals surface area contributed by atoms with Crippen LogP contribution in [-0.2, 0) is 16.0 Å². The van der Waals surface area contributed by atoms with Crippen LogP contribution in [0.3, 0.4) is 0 Å². The number of carbonyl (C=O) groups is 2. The molecule has 9 heteroatoms. The maximum Gasteiger partial charge on any atom is 0.406 e. The number of aliphatic carboxylic acids is 1. The van der Waals surface area contributed by atoms with Gasteiger partial charge in [-0.05, 0) is 40.9 Å². The van der Waals surface area contributed by atoms with Gasteiger partial charge in [0.2, 0.25) is 5.91 Å². The summed E-state index contributed by atoms with van der Waals surface area (Å²) in [6.07, 6.45) is -3.78. The van der Waals surface area contributed by atoms with Crippen LogP contribution in [0.15, 0.2) is 15.9 Å². The number of amides is 1. The predicted molar refractivity (Wildman–Crippen MR) is 75.2 cm³/mol. The van der Waals surface area contributed by atoms with Crippen LogP contribution in [0, 0.1) is 0 Å². The van der Waals surface area contributed by atoms with Crippen LogP contribution in [0.5, 0.6) is 0 Å². The van der Waals surface area contributed by atoms with Crippen molar-refractivity contribution in [2.45, 2.75) is 25.4 Å². The monoisotopic (exact) mass is 387 g/mol. The van der Waals surface area contributed by atoms with Gasteiger partial charge in [-0.3, -0.25) is 9.59 Å². The second-order valence-corrected chi connectivity index (χ2v) is 6.87. The minimum absolute atomic E-state index is 0.112. The largest absolute Gasteiger partial charge is 0.480 e. The first-order valence-electron chi connectivity index (χ1n) is 5.98. The Morgan fingerprint density at radius 1 is 1.33 bits per heavy atom. The molecular weight excluding hydrogens is 375 g/mol. The van der Waals surface area contributed by atoms with Crippen molar-refractivity contribution in [3.63, 3.8) is 0 Å². The number of nitrogens with zero attached hydrogens (tertiary/aromatic N) is 1. The normalized spacial score (nSPS) is 11.4. The molecule has 0 aliphatic heterocycles. The third-order valence-corrected chi connectivity index (χ3v) is 4.18. The molecule has 0 fully saturated rings. The summed E-state index contributed by atoms with van der Waals surface area (Å²) in [7, 11) is 0. The number of thiophene rings is 1. The Labute approximate surface area is 131 Å². The standard InChI is InChI=1S/C12H13BrF3NO3S/c13-9-5-4-8(21-9)2-1-3-10(18)17(6-11(19)20)7-12(14,15)16/h4-5H,1-3,6-7H2,(H,19,20). The van der Waals surface area contributed by atoms with E-state index < -0.39 is 31.1 Å². The SMILES string of the molecule is O=C(O)CN(CC(F)(F)F)C(=O)CCCc1ccc(Br)s1. The molecule has 1 aromatic heterocycles. The molecule has 118 valence electrons. The molecule has 1 amide bonds. The molecule has 0 aromatic carbocycles. The number of carbonyl (C=O) groups excluding carboxylic acids is 1. The first-order chi connectivity index (χ1) is 9.67. The third-order valence-electron chi connectivity index (χ3n) is 2.49. The van der Waals surface area contributed by atoms with E-state index in [4.69, 9.17) is 5.11 Å². The van der Waals surface area contributed by atoms with Crippen molar-refractivity contribution in [3.05, 3.63) is 20.8 Å². The van der Waals surface area contributed by atoms with Gasteiger partial charge in [-0.2, -0.15) is 13.2 Å². The van der Waals surface area contributed by atoms with Gasteiger partial charge in [0.15, 0.2) is 0 Å². The van der Waals surface area contributed by atoms with E-state index in [0.717, 1.165) is 8.66 Å². The lowest BCUT2D eigenvalue weighted by molar-refractivity contribution is -0.165. The Morgan fingerprint density at radius 3 is 2.48 bits per heavy atom. The van der Waals surface area contributed by atoms with E-state index in [2.05, 4.69) is 15.9 Å². The molecule has 0 aliphatic rings. The molecular formula is C12H13BrF3NO3S. The van der Waals surface area contributed by atoms with Crippen LogP contribution in [0.25, 0.3) is 0 Å². The highest BCUT2D eigenvalue weighted by Crippen LogP contribution is 2.23. The highest BCUT2D eigenvalue weighted by molar-refractivity contribution is 9.11. The van der Waals surface area contributed by atoms with Crippen molar-refractivity contribution in [2.75, 3.05) is 13.1 Å². The first-order valence-corrected chi connectivity index (χ1v) is 7.59. The number of rotatable bonds is 7. The quantitative estimate of drug-likeness (QED) is 0.780. The van der Waals surface area contributed by atoms with Crippen LogP contribution in [0.1, 0.15) is 17.7 Å². The zero-order valence-corrected chi connectivity index (χ0v) is 13.2. The minimum Gasteiger partial charge on any atom is -0.480 e. The fourth-order valence-corrected chi connectivity index (χ4v) is 3.19.